The van der Waals surface area contributed by atoms with E-state index in [0.717, 1.165) is 12.0 Å². The molecule has 0 radical (unpaired) electrons. The summed E-state index contributed by atoms with van der Waals surface area (Å²) in [5, 5.41) is 2.50. The van der Waals surface area contributed by atoms with Crippen molar-refractivity contribution in [3.63, 3.8) is 0 Å². The van der Waals surface area contributed by atoms with Gasteiger partial charge in [0.1, 0.15) is 0 Å². The number of hydrogen-bond donors (Lipinski definition) is 1. The summed E-state index contributed by atoms with van der Waals surface area (Å²) in [6.07, 6.45) is 3.92. The van der Waals surface area contributed by atoms with Crippen LogP contribution in [0.25, 0.3) is 0 Å². The fourth-order valence-corrected chi connectivity index (χ4v) is 3.41. The van der Waals surface area contributed by atoms with Gasteiger partial charge in [-0.05, 0) is 23.3 Å². The molecule has 1 aliphatic carbocycles. The molecular weight excluding hydrogens is 238 g/mol. The maximum Gasteiger partial charge on any atom is 0.234 e. The van der Waals surface area contributed by atoms with Gasteiger partial charge >= 0.3 is 0 Å². The molecule has 3 rings (SSSR count). The van der Waals surface area contributed by atoms with Gasteiger partial charge in [-0.2, -0.15) is 0 Å². The van der Waals surface area contributed by atoms with Crippen molar-refractivity contribution >= 4 is 11.8 Å². The van der Waals surface area contributed by atoms with E-state index in [1.807, 2.05) is 30.3 Å². The zero-order valence-electron chi connectivity index (χ0n) is 11.2. The Balaban J connectivity index is 1.96. The number of rotatable bonds is 3. The highest BCUT2D eigenvalue weighted by molar-refractivity contribution is 6.02. The summed E-state index contributed by atoms with van der Waals surface area (Å²) in [6, 6.07) is 9.84. The van der Waals surface area contributed by atoms with Crippen LogP contribution >= 0.6 is 0 Å². The lowest BCUT2D eigenvalue weighted by Crippen LogP contribution is -2.49. The van der Waals surface area contributed by atoms with Crippen LogP contribution in [0, 0.1) is 11.3 Å². The molecule has 1 saturated heterocycles. The molecule has 1 aliphatic heterocycles. The van der Waals surface area contributed by atoms with Gasteiger partial charge in [-0.25, -0.2) is 0 Å². The maximum atomic E-state index is 12.3. The van der Waals surface area contributed by atoms with Crippen LogP contribution in [-0.4, -0.2) is 11.8 Å². The van der Waals surface area contributed by atoms with Gasteiger partial charge in [-0.3, -0.25) is 14.9 Å². The van der Waals surface area contributed by atoms with Gasteiger partial charge in [-0.15, -0.1) is 0 Å². The first-order valence-electron chi connectivity index (χ1n) is 6.97. The Hall–Kier alpha value is -1.64. The summed E-state index contributed by atoms with van der Waals surface area (Å²) in [4.78, 5) is 24.0. The molecule has 2 atom stereocenters. The van der Waals surface area contributed by atoms with E-state index < -0.39 is 0 Å². The van der Waals surface area contributed by atoms with Crippen LogP contribution in [0.2, 0.25) is 0 Å². The van der Waals surface area contributed by atoms with E-state index in [0.29, 0.717) is 12.3 Å². The fourth-order valence-electron chi connectivity index (χ4n) is 3.41. The van der Waals surface area contributed by atoms with Crippen molar-refractivity contribution < 1.29 is 9.59 Å². The Bertz CT molecular complexity index is 507. The highest BCUT2D eigenvalue weighted by Gasteiger charge is 2.48. The molecule has 0 bridgehead atoms. The average Bonchev–Trinajstić information content (AvgIpc) is 3.12. The third-order valence-corrected chi connectivity index (χ3v) is 4.37. The molecule has 1 N–H and O–H groups in total. The first kappa shape index (κ1) is 12.4. The van der Waals surface area contributed by atoms with E-state index in [1.54, 1.807) is 0 Å². The third kappa shape index (κ3) is 2.42. The Morgan fingerprint density at radius 2 is 1.89 bits per heavy atom. The number of benzene rings is 1. The first-order valence-corrected chi connectivity index (χ1v) is 6.97. The molecule has 1 saturated carbocycles. The Kier molecular flexibility index (Phi) is 2.92. The Morgan fingerprint density at radius 3 is 2.53 bits per heavy atom. The number of piperidine rings is 1. The normalized spacial score (nSPS) is 31.1. The van der Waals surface area contributed by atoms with Crippen molar-refractivity contribution in [3.8, 4) is 0 Å². The summed E-state index contributed by atoms with van der Waals surface area (Å²) in [5.74, 6) is 0.243. The van der Waals surface area contributed by atoms with Crippen molar-refractivity contribution in [1.82, 2.24) is 5.32 Å². The quantitative estimate of drug-likeness (QED) is 0.846. The third-order valence-electron chi connectivity index (χ3n) is 4.37. The molecule has 1 aromatic rings. The van der Waals surface area contributed by atoms with Gasteiger partial charge in [0, 0.05) is 6.42 Å². The predicted octanol–water partition coefficient (Wildman–Crippen LogP) is 2.62. The van der Waals surface area contributed by atoms with E-state index in [2.05, 4.69) is 12.2 Å². The highest BCUT2D eigenvalue weighted by atomic mass is 16.2. The van der Waals surface area contributed by atoms with Gasteiger partial charge < -0.3 is 0 Å². The molecule has 2 aliphatic rings. The summed E-state index contributed by atoms with van der Waals surface area (Å²) >= 11 is 0. The van der Waals surface area contributed by atoms with Gasteiger partial charge in [0.05, 0.1) is 5.92 Å². The molecule has 0 aromatic heterocycles. The van der Waals surface area contributed by atoms with Crippen LogP contribution in [0.1, 0.15) is 44.1 Å². The predicted molar refractivity (Wildman–Crippen MR) is 72.4 cm³/mol. The van der Waals surface area contributed by atoms with Crippen molar-refractivity contribution in [2.24, 2.45) is 11.3 Å². The largest absolute Gasteiger partial charge is 0.296 e. The minimum atomic E-state index is -0.234. The molecule has 2 unspecified atom stereocenters. The van der Waals surface area contributed by atoms with Crippen molar-refractivity contribution in [2.45, 2.75) is 38.5 Å². The van der Waals surface area contributed by atoms with Gasteiger partial charge in [0.15, 0.2) is 0 Å². The number of imide groups is 1. The SMILES string of the molecule is CC1(CC2CC2)CC(=O)NC(=O)C1c1ccccc1. The lowest BCUT2D eigenvalue weighted by atomic mass is 9.66. The van der Waals surface area contributed by atoms with Crippen LogP contribution in [0.4, 0.5) is 0 Å². The summed E-state index contributed by atoms with van der Waals surface area (Å²) in [6.45, 7) is 2.10. The van der Waals surface area contributed by atoms with Gasteiger partial charge in [0.25, 0.3) is 0 Å². The lowest BCUT2D eigenvalue weighted by Gasteiger charge is -2.40. The number of amides is 2. The maximum absolute atomic E-state index is 12.3. The second kappa shape index (κ2) is 4.48. The molecule has 2 amide bonds. The smallest absolute Gasteiger partial charge is 0.234 e. The molecule has 3 nitrogen and oxygen atoms in total. The zero-order chi connectivity index (χ0) is 13.5. The standard InChI is InChI=1S/C16H19NO2/c1-16(9-11-7-8-11)10-13(18)17-15(19)14(16)12-5-3-2-4-6-12/h2-6,11,14H,7-10H2,1H3,(H,17,18,19). The minimum absolute atomic E-state index is 0.125. The summed E-state index contributed by atoms with van der Waals surface area (Å²) in [5.41, 5.74) is 0.790. The van der Waals surface area contributed by atoms with Gasteiger partial charge in [0.2, 0.25) is 11.8 Å². The second-order valence-corrected chi connectivity index (χ2v) is 6.23. The molecule has 1 heterocycles. The van der Waals surface area contributed by atoms with E-state index in [-0.39, 0.29) is 23.1 Å². The topological polar surface area (TPSA) is 46.2 Å². The first-order chi connectivity index (χ1) is 9.08. The summed E-state index contributed by atoms with van der Waals surface area (Å²) < 4.78 is 0. The molecule has 3 heteroatoms. The Labute approximate surface area is 113 Å². The average molecular weight is 257 g/mol. The molecule has 0 spiro atoms. The number of carbonyl (C=O) groups excluding carboxylic acids is 2. The van der Waals surface area contributed by atoms with Crippen LogP contribution in [-0.2, 0) is 9.59 Å². The monoisotopic (exact) mass is 257 g/mol. The van der Waals surface area contributed by atoms with E-state index >= 15 is 0 Å². The molecular formula is C16H19NO2. The van der Waals surface area contributed by atoms with Crippen LogP contribution in [0.3, 0.4) is 0 Å². The number of nitrogens with one attached hydrogen (secondary N) is 1. The second-order valence-electron chi connectivity index (χ2n) is 6.23. The molecule has 100 valence electrons. The fraction of sp³-hybridized carbons (Fsp3) is 0.500. The molecule has 1 aromatic carbocycles. The van der Waals surface area contributed by atoms with Crippen LogP contribution in [0.15, 0.2) is 30.3 Å². The van der Waals surface area contributed by atoms with Gasteiger partial charge in [-0.1, -0.05) is 50.1 Å². The van der Waals surface area contributed by atoms with E-state index in [1.165, 1.54) is 12.8 Å². The lowest BCUT2D eigenvalue weighted by molar-refractivity contribution is -0.139. The van der Waals surface area contributed by atoms with E-state index in [4.69, 9.17) is 0 Å². The van der Waals surface area contributed by atoms with E-state index in [9.17, 15) is 9.59 Å². The summed E-state index contributed by atoms with van der Waals surface area (Å²) in [7, 11) is 0. The van der Waals surface area contributed by atoms with Crippen LogP contribution in [0.5, 0.6) is 0 Å². The van der Waals surface area contributed by atoms with Crippen molar-refractivity contribution in [1.29, 1.82) is 0 Å². The highest BCUT2D eigenvalue weighted by Crippen LogP contribution is 2.50. The van der Waals surface area contributed by atoms with Crippen molar-refractivity contribution in [2.75, 3.05) is 0 Å². The molecule has 19 heavy (non-hydrogen) atoms. The van der Waals surface area contributed by atoms with Crippen LogP contribution < -0.4 is 5.32 Å². The zero-order valence-corrected chi connectivity index (χ0v) is 11.2. The minimum Gasteiger partial charge on any atom is -0.296 e. The number of carbonyl (C=O) groups is 2. The Morgan fingerprint density at radius 1 is 1.21 bits per heavy atom. The number of hydrogen-bond acceptors (Lipinski definition) is 2. The van der Waals surface area contributed by atoms with Crippen molar-refractivity contribution in [3.05, 3.63) is 35.9 Å². The molecule has 2 fully saturated rings.